The first-order chi connectivity index (χ1) is 6.27. The van der Waals surface area contributed by atoms with Gasteiger partial charge in [-0.15, -0.1) is 0 Å². The van der Waals surface area contributed by atoms with Gasteiger partial charge in [0.2, 0.25) is 0 Å². The Labute approximate surface area is 78.6 Å². The standard InChI is InChI=1S/C10H14N2O/c1-2-12(7-3-6-11)9-4-5-10(13)8-9/h8H,2-5,7H2,1H3. The minimum atomic E-state index is 0.213. The predicted molar refractivity (Wildman–Crippen MR) is 49.8 cm³/mol. The van der Waals surface area contributed by atoms with Gasteiger partial charge in [0, 0.05) is 31.3 Å². The molecule has 0 saturated carbocycles. The molecule has 1 aliphatic carbocycles. The van der Waals surface area contributed by atoms with Crippen LogP contribution in [0.3, 0.4) is 0 Å². The fourth-order valence-corrected chi connectivity index (χ4v) is 1.52. The van der Waals surface area contributed by atoms with Gasteiger partial charge in [-0.2, -0.15) is 5.26 Å². The molecule has 1 rings (SSSR count). The normalized spacial score (nSPS) is 15.4. The van der Waals surface area contributed by atoms with Crippen molar-refractivity contribution in [3.8, 4) is 6.07 Å². The molecule has 0 fully saturated rings. The lowest BCUT2D eigenvalue weighted by molar-refractivity contribution is -0.114. The van der Waals surface area contributed by atoms with Crippen LogP contribution < -0.4 is 0 Å². The van der Waals surface area contributed by atoms with Crippen molar-refractivity contribution >= 4 is 5.78 Å². The van der Waals surface area contributed by atoms with E-state index in [9.17, 15) is 4.79 Å². The highest BCUT2D eigenvalue weighted by atomic mass is 16.1. The van der Waals surface area contributed by atoms with Gasteiger partial charge < -0.3 is 4.90 Å². The van der Waals surface area contributed by atoms with Crippen molar-refractivity contribution in [3.05, 3.63) is 11.8 Å². The van der Waals surface area contributed by atoms with E-state index < -0.39 is 0 Å². The molecule has 3 heteroatoms. The molecule has 0 bridgehead atoms. The third-order valence-electron chi connectivity index (χ3n) is 2.24. The Bertz CT molecular complexity index is 263. The van der Waals surface area contributed by atoms with Gasteiger partial charge in [0.25, 0.3) is 0 Å². The summed E-state index contributed by atoms with van der Waals surface area (Å²) in [6.07, 6.45) is 3.72. The third-order valence-corrected chi connectivity index (χ3v) is 2.24. The zero-order valence-electron chi connectivity index (χ0n) is 7.92. The maximum absolute atomic E-state index is 11.0. The highest BCUT2D eigenvalue weighted by Crippen LogP contribution is 2.18. The van der Waals surface area contributed by atoms with Crippen LogP contribution in [-0.4, -0.2) is 23.8 Å². The number of carbonyl (C=O) groups is 1. The number of hydrogen-bond acceptors (Lipinski definition) is 3. The molecule has 0 amide bonds. The van der Waals surface area contributed by atoms with Crippen LogP contribution >= 0.6 is 0 Å². The fraction of sp³-hybridized carbons (Fsp3) is 0.600. The number of nitrogens with zero attached hydrogens (tertiary/aromatic N) is 2. The summed E-state index contributed by atoms with van der Waals surface area (Å²) in [4.78, 5) is 13.1. The number of carbonyl (C=O) groups excluding carboxylic acids is 1. The molecule has 13 heavy (non-hydrogen) atoms. The Morgan fingerprint density at radius 1 is 1.62 bits per heavy atom. The van der Waals surface area contributed by atoms with E-state index in [1.807, 2.05) is 6.92 Å². The summed E-state index contributed by atoms with van der Waals surface area (Å²) in [6, 6.07) is 2.11. The van der Waals surface area contributed by atoms with E-state index in [0.29, 0.717) is 12.8 Å². The van der Waals surface area contributed by atoms with Gasteiger partial charge >= 0.3 is 0 Å². The van der Waals surface area contributed by atoms with E-state index in [-0.39, 0.29) is 5.78 Å². The van der Waals surface area contributed by atoms with Crippen molar-refractivity contribution in [2.24, 2.45) is 0 Å². The molecule has 0 aromatic heterocycles. The number of rotatable bonds is 4. The van der Waals surface area contributed by atoms with Crippen molar-refractivity contribution in [1.29, 1.82) is 5.26 Å². The molecule has 0 unspecified atom stereocenters. The van der Waals surface area contributed by atoms with Gasteiger partial charge in [-0.3, -0.25) is 4.79 Å². The molecule has 0 spiro atoms. The molecule has 1 aliphatic rings. The zero-order chi connectivity index (χ0) is 9.68. The third kappa shape index (κ3) is 2.59. The summed E-state index contributed by atoms with van der Waals surface area (Å²) in [6.45, 7) is 3.66. The molecule has 0 N–H and O–H groups in total. The van der Waals surface area contributed by atoms with Crippen molar-refractivity contribution in [2.75, 3.05) is 13.1 Å². The SMILES string of the molecule is CCN(CCC#N)C1=CC(=O)CC1. The average molecular weight is 178 g/mol. The minimum absolute atomic E-state index is 0.213. The Morgan fingerprint density at radius 2 is 2.38 bits per heavy atom. The Morgan fingerprint density at radius 3 is 2.85 bits per heavy atom. The Balaban J connectivity index is 2.52. The van der Waals surface area contributed by atoms with Crippen LogP contribution in [0.2, 0.25) is 0 Å². The molecule has 3 nitrogen and oxygen atoms in total. The van der Waals surface area contributed by atoms with Crippen LogP contribution in [0.5, 0.6) is 0 Å². The van der Waals surface area contributed by atoms with Crippen molar-refractivity contribution in [3.63, 3.8) is 0 Å². The summed E-state index contributed by atoms with van der Waals surface area (Å²) in [5.74, 6) is 0.213. The first kappa shape index (κ1) is 9.79. The zero-order valence-corrected chi connectivity index (χ0v) is 7.92. The Hall–Kier alpha value is -1.30. The van der Waals surface area contributed by atoms with Gasteiger partial charge in [0.1, 0.15) is 0 Å². The van der Waals surface area contributed by atoms with Crippen molar-refractivity contribution in [2.45, 2.75) is 26.2 Å². The Kier molecular flexibility index (Phi) is 3.51. The van der Waals surface area contributed by atoms with Gasteiger partial charge in [-0.05, 0) is 13.3 Å². The number of ketones is 1. The van der Waals surface area contributed by atoms with Crippen LogP contribution in [0, 0.1) is 11.3 Å². The predicted octanol–water partition coefficient (Wildman–Crippen LogP) is 1.47. The lowest BCUT2D eigenvalue weighted by atomic mass is 10.3. The molecule has 0 aromatic carbocycles. The maximum atomic E-state index is 11.0. The first-order valence-electron chi connectivity index (χ1n) is 4.63. The molecular formula is C10H14N2O. The van der Waals surface area contributed by atoms with Crippen LogP contribution in [0.1, 0.15) is 26.2 Å². The molecule has 0 aromatic rings. The van der Waals surface area contributed by atoms with E-state index in [0.717, 1.165) is 25.2 Å². The van der Waals surface area contributed by atoms with Gasteiger partial charge in [0.05, 0.1) is 12.5 Å². The average Bonchev–Trinajstić information content (AvgIpc) is 2.54. The van der Waals surface area contributed by atoms with Gasteiger partial charge in [-0.1, -0.05) is 0 Å². The lowest BCUT2D eigenvalue weighted by Gasteiger charge is -2.22. The first-order valence-corrected chi connectivity index (χ1v) is 4.63. The van der Waals surface area contributed by atoms with E-state index in [2.05, 4.69) is 11.0 Å². The van der Waals surface area contributed by atoms with Crippen molar-refractivity contribution in [1.82, 2.24) is 4.90 Å². The number of hydrogen-bond donors (Lipinski definition) is 0. The minimum Gasteiger partial charge on any atom is -0.374 e. The van der Waals surface area contributed by atoms with E-state index in [4.69, 9.17) is 5.26 Å². The van der Waals surface area contributed by atoms with Gasteiger partial charge in [0.15, 0.2) is 5.78 Å². The lowest BCUT2D eigenvalue weighted by Crippen LogP contribution is -2.22. The fourth-order valence-electron chi connectivity index (χ4n) is 1.52. The quantitative estimate of drug-likeness (QED) is 0.654. The summed E-state index contributed by atoms with van der Waals surface area (Å²) < 4.78 is 0. The monoisotopic (exact) mass is 178 g/mol. The summed E-state index contributed by atoms with van der Waals surface area (Å²) in [7, 11) is 0. The number of nitriles is 1. The highest BCUT2D eigenvalue weighted by molar-refractivity contribution is 5.92. The second-order valence-corrected chi connectivity index (χ2v) is 3.09. The van der Waals surface area contributed by atoms with Crippen LogP contribution in [0.15, 0.2) is 11.8 Å². The van der Waals surface area contributed by atoms with E-state index >= 15 is 0 Å². The molecule has 0 radical (unpaired) electrons. The summed E-state index contributed by atoms with van der Waals surface area (Å²) in [5, 5.41) is 8.44. The van der Waals surface area contributed by atoms with E-state index in [1.54, 1.807) is 6.08 Å². The number of allylic oxidation sites excluding steroid dienone is 2. The molecule has 70 valence electrons. The second kappa shape index (κ2) is 4.66. The van der Waals surface area contributed by atoms with Crippen LogP contribution in [0.4, 0.5) is 0 Å². The second-order valence-electron chi connectivity index (χ2n) is 3.09. The van der Waals surface area contributed by atoms with E-state index in [1.165, 1.54) is 0 Å². The van der Waals surface area contributed by atoms with Gasteiger partial charge in [-0.25, -0.2) is 0 Å². The van der Waals surface area contributed by atoms with Crippen LogP contribution in [0.25, 0.3) is 0 Å². The smallest absolute Gasteiger partial charge is 0.157 e. The molecule has 0 heterocycles. The van der Waals surface area contributed by atoms with Crippen molar-refractivity contribution < 1.29 is 4.79 Å². The molecule has 0 saturated heterocycles. The molecule has 0 atom stereocenters. The summed E-state index contributed by atoms with van der Waals surface area (Å²) >= 11 is 0. The largest absolute Gasteiger partial charge is 0.374 e. The molecule has 0 aliphatic heterocycles. The topological polar surface area (TPSA) is 44.1 Å². The highest BCUT2D eigenvalue weighted by Gasteiger charge is 2.16. The summed E-state index contributed by atoms with van der Waals surface area (Å²) in [5.41, 5.74) is 1.10. The van der Waals surface area contributed by atoms with Crippen LogP contribution in [-0.2, 0) is 4.79 Å². The maximum Gasteiger partial charge on any atom is 0.157 e. The molecular weight excluding hydrogens is 164 g/mol.